The van der Waals surface area contributed by atoms with Crippen LogP contribution in [0.2, 0.25) is 0 Å². The SMILES string of the molecule is CC1CCN(c2ncc3cnn(CC(=O)OC(C)(C)C)c3n2)CC1. The van der Waals surface area contributed by atoms with Gasteiger partial charge in [0.15, 0.2) is 5.65 Å². The van der Waals surface area contributed by atoms with E-state index in [2.05, 4.69) is 26.9 Å². The van der Waals surface area contributed by atoms with E-state index in [1.54, 1.807) is 17.1 Å². The van der Waals surface area contributed by atoms with Gasteiger partial charge < -0.3 is 9.64 Å². The fourth-order valence-electron chi connectivity index (χ4n) is 2.83. The van der Waals surface area contributed by atoms with Crippen molar-refractivity contribution in [3.05, 3.63) is 12.4 Å². The summed E-state index contributed by atoms with van der Waals surface area (Å²) in [6.45, 7) is 9.81. The Labute approximate surface area is 142 Å². The molecule has 0 saturated carbocycles. The molecule has 0 N–H and O–H groups in total. The lowest BCUT2D eigenvalue weighted by Gasteiger charge is -2.30. The maximum Gasteiger partial charge on any atom is 0.328 e. The second-order valence-corrected chi connectivity index (χ2v) is 7.51. The van der Waals surface area contributed by atoms with Crippen molar-refractivity contribution in [1.29, 1.82) is 0 Å². The molecule has 0 spiro atoms. The molecular formula is C17H25N5O2. The maximum absolute atomic E-state index is 12.1. The van der Waals surface area contributed by atoms with Crippen LogP contribution in [0.5, 0.6) is 0 Å². The lowest BCUT2D eigenvalue weighted by molar-refractivity contribution is -0.155. The van der Waals surface area contributed by atoms with Gasteiger partial charge in [0.1, 0.15) is 12.1 Å². The molecule has 1 aliphatic rings. The molecule has 2 aromatic heterocycles. The molecule has 1 fully saturated rings. The number of carbonyl (C=O) groups excluding carboxylic acids is 1. The van der Waals surface area contributed by atoms with E-state index in [1.807, 2.05) is 20.8 Å². The molecule has 24 heavy (non-hydrogen) atoms. The Balaban J connectivity index is 1.80. The van der Waals surface area contributed by atoms with Gasteiger partial charge in [-0.25, -0.2) is 9.67 Å². The summed E-state index contributed by atoms with van der Waals surface area (Å²) < 4.78 is 6.95. The monoisotopic (exact) mass is 331 g/mol. The van der Waals surface area contributed by atoms with Gasteiger partial charge in [-0.15, -0.1) is 0 Å². The first-order valence-corrected chi connectivity index (χ1v) is 8.47. The van der Waals surface area contributed by atoms with E-state index in [1.165, 1.54) is 0 Å². The Morgan fingerprint density at radius 2 is 2.00 bits per heavy atom. The highest BCUT2D eigenvalue weighted by molar-refractivity contribution is 5.77. The Morgan fingerprint density at radius 3 is 2.67 bits per heavy atom. The van der Waals surface area contributed by atoms with Crippen LogP contribution in [0, 0.1) is 5.92 Å². The molecule has 0 atom stereocenters. The van der Waals surface area contributed by atoms with Gasteiger partial charge in [0.2, 0.25) is 5.95 Å². The van der Waals surface area contributed by atoms with E-state index in [0.29, 0.717) is 11.6 Å². The van der Waals surface area contributed by atoms with Crippen molar-refractivity contribution < 1.29 is 9.53 Å². The van der Waals surface area contributed by atoms with E-state index in [4.69, 9.17) is 4.74 Å². The van der Waals surface area contributed by atoms with Crippen LogP contribution in [0.4, 0.5) is 5.95 Å². The summed E-state index contributed by atoms with van der Waals surface area (Å²) in [6.07, 6.45) is 5.76. The van der Waals surface area contributed by atoms with E-state index < -0.39 is 5.60 Å². The lowest BCUT2D eigenvalue weighted by Crippen LogP contribution is -2.34. The third kappa shape index (κ3) is 3.83. The fraction of sp³-hybridized carbons (Fsp3) is 0.647. The highest BCUT2D eigenvalue weighted by atomic mass is 16.6. The van der Waals surface area contributed by atoms with E-state index in [-0.39, 0.29) is 12.5 Å². The predicted molar refractivity (Wildman–Crippen MR) is 91.8 cm³/mol. The number of aromatic nitrogens is 4. The summed E-state index contributed by atoms with van der Waals surface area (Å²) in [5, 5.41) is 5.08. The minimum absolute atomic E-state index is 0.0499. The molecule has 0 amide bonds. The topological polar surface area (TPSA) is 73.1 Å². The van der Waals surface area contributed by atoms with Crippen LogP contribution in [0.3, 0.4) is 0 Å². The molecule has 0 aromatic carbocycles. The fourth-order valence-corrected chi connectivity index (χ4v) is 2.83. The smallest absolute Gasteiger partial charge is 0.328 e. The van der Waals surface area contributed by atoms with Gasteiger partial charge in [-0.3, -0.25) is 4.79 Å². The second kappa shape index (κ2) is 6.37. The molecule has 0 aliphatic carbocycles. The minimum atomic E-state index is -0.509. The van der Waals surface area contributed by atoms with Crippen LogP contribution in [-0.4, -0.2) is 44.4 Å². The average Bonchev–Trinajstić information content (AvgIpc) is 2.88. The van der Waals surface area contributed by atoms with Crippen LogP contribution in [-0.2, 0) is 16.1 Å². The van der Waals surface area contributed by atoms with Crippen molar-refractivity contribution in [3.63, 3.8) is 0 Å². The third-order valence-corrected chi connectivity index (χ3v) is 4.13. The van der Waals surface area contributed by atoms with Gasteiger partial charge in [0.25, 0.3) is 0 Å². The molecule has 0 radical (unpaired) electrons. The van der Waals surface area contributed by atoms with Crippen molar-refractivity contribution in [2.24, 2.45) is 5.92 Å². The maximum atomic E-state index is 12.1. The van der Waals surface area contributed by atoms with Crippen LogP contribution in [0.25, 0.3) is 11.0 Å². The van der Waals surface area contributed by atoms with Crippen LogP contribution < -0.4 is 4.90 Å². The summed E-state index contributed by atoms with van der Waals surface area (Å²) in [5.74, 6) is 1.14. The second-order valence-electron chi connectivity index (χ2n) is 7.51. The van der Waals surface area contributed by atoms with Gasteiger partial charge in [-0.2, -0.15) is 10.1 Å². The predicted octanol–water partition coefficient (Wildman–Crippen LogP) is 2.40. The van der Waals surface area contributed by atoms with Gasteiger partial charge >= 0.3 is 5.97 Å². The molecule has 3 rings (SSSR count). The molecule has 1 saturated heterocycles. The van der Waals surface area contributed by atoms with E-state index >= 15 is 0 Å². The first-order valence-electron chi connectivity index (χ1n) is 8.47. The molecule has 130 valence electrons. The zero-order valence-electron chi connectivity index (χ0n) is 14.8. The number of ether oxygens (including phenoxy) is 1. The Morgan fingerprint density at radius 1 is 1.29 bits per heavy atom. The van der Waals surface area contributed by atoms with Crippen molar-refractivity contribution >= 4 is 23.0 Å². The lowest BCUT2D eigenvalue weighted by atomic mass is 10.00. The summed E-state index contributed by atoms with van der Waals surface area (Å²) in [4.78, 5) is 23.3. The van der Waals surface area contributed by atoms with Gasteiger partial charge in [-0.1, -0.05) is 6.92 Å². The highest BCUT2D eigenvalue weighted by Crippen LogP contribution is 2.21. The summed E-state index contributed by atoms with van der Waals surface area (Å²) in [5.41, 5.74) is 0.162. The van der Waals surface area contributed by atoms with E-state index in [9.17, 15) is 4.79 Å². The van der Waals surface area contributed by atoms with Crippen LogP contribution in [0.15, 0.2) is 12.4 Å². The molecule has 3 heterocycles. The molecule has 0 unspecified atom stereocenters. The van der Waals surface area contributed by atoms with Crippen molar-refractivity contribution in [3.8, 4) is 0 Å². The van der Waals surface area contributed by atoms with Gasteiger partial charge in [-0.05, 0) is 39.5 Å². The zero-order valence-corrected chi connectivity index (χ0v) is 14.8. The first kappa shape index (κ1) is 16.7. The third-order valence-electron chi connectivity index (χ3n) is 4.13. The standard InChI is InChI=1S/C17H25N5O2/c1-12-5-7-21(8-6-12)16-18-9-13-10-19-22(15(13)20-16)11-14(23)24-17(2,3)4/h9-10,12H,5-8,11H2,1-4H3. The molecular weight excluding hydrogens is 306 g/mol. The molecule has 7 heteroatoms. The molecule has 7 nitrogen and oxygen atoms in total. The van der Waals surface area contributed by atoms with Crippen molar-refractivity contribution in [2.45, 2.75) is 52.7 Å². The minimum Gasteiger partial charge on any atom is -0.459 e. The Hall–Kier alpha value is -2.18. The molecule has 1 aliphatic heterocycles. The number of fused-ring (bicyclic) bond motifs is 1. The van der Waals surface area contributed by atoms with Gasteiger partial charge in [0, 0.05) is 19.3 Å². The highest BCUT2D eigenvalue weighted by Gasteiger charge is 2.21. The first-order chi connectivity index (χ1) is 11.3. The van der Waals surface area contributed by atoms with Gasteiger partial charge in [0.05, 0.1) is 11.6 Å². The Kier molecular flexibility index (Phi) is 4.43. The number of carbonyl (C=O) groups is 1. The van der Waals surface area contributed by atoms with Crippen LogP contribution >= 0.6 is 0 Å². The largest absolute Gasteiger partial charge is 0.459 e. The number of esters is 1. The number of hydrogen-bond acceptors (Lipinski definition) is 6. The summed E-state index contributed by atoms with van der Waals surface area (Å²) in [6, 6.07) is 0. The zero-order chi connectivity index (χ0) is 17.3. The Bertz CT molecular complexity index is 726. The van der Waals surface area contributed by atoms with Crippen LogP contribution in [0.1, 0.15) is 40.5 Å². The quantitative estimate of drug-likeness (QED) is 0.804. The summed E-state index contributed by atoms with van der Waals surface area (Å²) >= 11 is 0. The number of piperidine rings is 1. The van der Waals surface area contributed by atoms with Crippen molar-refractivity contribution in [2.75, 3.05) is 18.0 Å². The molecule has 0 bridgehead atoms. The molecule has 2 aromatic rings. The number of hydrogen-bond donors (Lipinski definition) is 0. The normalized spacial score (nSPS) is 16.6. The van der Waals surface area contributed by atoms with Crippen molar-refractivity contribution in [1.82, 2.24) is 19.7 Å². The number of nitrogens with zero attached hydrogens (tertiary/aromatic N) is 5. The number of anilines is 1. The number of rotatable bonds is 3. The summed E-state index contributed by atoms with van der Waals surface area (Å²) in [7, 11) is 0. The average molecular weight is 331 g/mol. The van der Waals surface area contributed by atoms with E-state index in [0.717, 1.165) is 37.2 Å².